The Morgan fingerprint density at radius 2 is 1.89 bits per heavy atom. The van der Waals surface area contributed by atoms with E-state index in [1.807, 2.05) is 36.2 Å². The summed E-state index contributed by atoms with van der Waals surface area (Å²) in [6.45, 7) is 5.55. The maximum atomic E-state index is 13.2. The van der Waals surface area contributed by atoms with E-state index in [4.69, 9.17) is 16.3 Å². The lowest BCUT2D eigenvalue weighted by atomic mass is 9.98. The van der Waals surface area contributed by atoms with E-state index < -0.39 is 18.2 Å². The number of nitrogens with one attached hydrogen (secondary N) is 2. The normalized spacial score (nSPS) is 16.4. The highest BCUT2D eigenvalue weighted by molar-refractivity contribution is 6.30. The number of piperidine rings is 1. The summed E-state index contributed by atoms with van der Waals surface area (Å²) in [7, 11) is 0. The van der Waals surface area contributed by atoms with Gasteiger partial charge in [0.05, 0.1) is 11.1 Å². The highest BCUT2D eigenvalue weighted by atomic mass is 35.5. The van der Waals surface area contributed by atoms with Crippen LogP contribution in [0.3, 0.4) is 0 Å². The van der Waals surface area contributed by atoms with E-state index in [1.54, 1.807) is 18.2 Å². The van der Waals surface area contributed by atoms with Crippen molar-refractivity contribution < 1.29 is 27.5 Å². The molecule has 1 aromatic heterocycles. The van der Waals surface area contributed by atoms with Crippen molar-refractivity contribution in [2.75, 3.05) is 19.6 Å². The number of carbonyl (C=O) groups is 2. The number of hydrogen-bond acceptors (Lipinski definition) is 4. The van der Waals surface area contributed by atoms with Gasteiger partial charge in [-0.15, -0.1) is 0 Å². The molecular formula is C28H31ClF3N3O3. The predicted molar refractivity (Wildman–Crippen MR) is 140 cm³/mol. The van der Waals surface area contributed by atoms with Crippen LogP contribution >= 0.6 is 11.6 Å². The molecule has 0 bridgehead atoms. The van der Waals surface area contributed by atoms with Gasteiger partial charge in [0.25, 0.3) is 5.91 Å². The van der Waals surface area contributed by atoms with Gasteiger partial charge in [-0.25, -0.2) is 4.79 Å². The van der Waals surface area contributed by atoms with Crippen molar-refractivity contribution >= 4 is 34.4 Å². The molecular weight excluding hydrogens is 519 g/mol. The molecule has 1 aliphatic heterocycles. The lowest BCUT2D eigenvalue weighted by Gasteiger charge is -2.30. The van der Waals surface area contributed by atoms with Gasteiger partial charge < -0.3 is 19.9 Å². The Balaban J connectivity index is 1.45. The maximum absolute atomic E-state index is 13.2. The molecule has 2 heterocycles. The minimum absolute atomic E-state index is 0.0120. The molecule has 6 nitrogen and oxygen atoms in total. The van der Waals surface area contributed by atoms with Crippen LogP contribution in [-0.2, 0) is 16.0 Å². The second-order valence-electron chi connectivity index (χ2n) is 9.98. The molecule has 0 saturated carbocycles. The number of H-pyrrole nitrogens is 1. The summed E-state index contributed by atoms with van der Waals surface area (Å²) in [5.74, 6) is -1.62. The molecule has 1 aliphatic rings. The van der Waals surface area contributed by atoms with Crippen molar-refractivity contribution in [1.29, 1.82) is 0 Å². The first-order valence-corrected chi connectivity index (χ1v) is 13.1. The summed E-state index contributed by atoms with van der Waals surface area (Å²) < 4.78 is 43.4. The van der Waals surface area contributed by atoms with Crippen molar-refractivity contribution in [2.45, 2.75) is 51.4 Å². The highest BCUT2D eigenvalue weighted by Gasteiger charge is 2.42. The smallest absolute Gasteiger partial charge is 0.449 e. The van der Waals surface area contributed by atoms with E-state index in [-0.39, 0.29) is 18.5 Å². The maximum Gasteiger partial charge on any atom is 0.490 e. The number of para-hydroxylation sites is 1. The molecule has 0 radical (unpaired) electrons. The molecule has 2 N–H and O–H groups in total. The summed E-state index contributed by atoms with van der Waals surface area (Å²) in [6.07, 6.45) is -1.90. The molecule has 0 unspecified atom stereocenters. The minimum atomic E-state index is -5.10. The third-order valence-corrected chi connectivity index (χ3v) is 7.22. The fraction of sp³-hybridized carbons (Fsp3) is 0.429. The number of carbonyl (C=O) groups excluding carboxylic acids is 2. The van der Waals surface area contributed by atoms with E-state index in [0.29, 0.717) is 28.5 Å². The van der Waals surface area contributed by atoms with Crippen LogP contribution in [0, 0.1) is 5.92 Å². The number of halogens is 4. The molecule has 38 heavy (non-hydrogen) atoms. The Morgan fingerprint density at radius 1 is 1.18 bits per heavy atom. The zero-order chi connectivity index (χ0) is 27.4. The SMILES string of the molecule is CC1CCN(C(=O)c2cccc3c(C[C@@H](C)NC[C@H](OC(=O)C(F)(F)F)c4cccc(Cl)c4)c[nH]c23)CC1. The molecule has 204 valence electrons. The van der Waals surface area contributed by atoms with Crippen LogP contribution in [0.5, 0.6) is 0 Å². The molecule has 1 fully saturated rings. The largest absolute Gasteiger partial charge is 0.490 e. The number of esters is 1. The molecule has 1 saturated heterocycles. The van der Waals surface area contributed by atoms with E-state index in [9.17, 15) is 22.8 Å². The van der Waals surface area contributed by atoms with Crippen LogP contribution in [0.1, 0.15) is 54.3 Å². The zero-order valence-corrected chi connectivity index (χ0v) is 22.0. The third kappa shape index (κ3) is 6.69. The van der Waals surface area contributed by atoms with E-state index in [1.165, 1.54) is 6.07 Å². The second-order valence-corrected chi connectivity index (χ2v) is 10.4. The van der Waals surface area contributed by atoms with Crippen LogP contribution in [0.4, 0.5) is 13.2 Å². The van der Waals surface area contributed by atoms with Crippen molar-refractivity contribution in [1.82, 2.24) is 15.2 Å². The number of aromatic nitrogens is 1. The predicted octanol–water partition coefficient (Wildman–Crippen LogP) is 6.06. The van der Waals surface area contributed by atoms with Gasteiger partial charge in [-0.1, -0.05) is 42.8 Å². The molecule has 2 aromatic carbocycles. The number of ether oxygens (including phenoxy) is 1. The average molecular weight is 550 g/mol. The van der Waals surface area contributed by atoms with Gasteiger partial charge in [-0.05, 0) is 61.4 Å². The second kappa shape index (κ2) is 11.8. The number of hydrogen-bond donors (Lipinski definition) is 2. The van der Waals surface area contributed by atoms with Crippen molar-refractivity contribution in [2.24, 2.45) is 5.92 Å². The van der Waals surface area contributed by atoms with Gasteiger partial charge in [0.1, 0.15) is 6.10 Å². The lowest BCUT2D eigenvalue weighted by Crippen LogP contribution is -2.38. The third-order valence-electron chi connectivity index (χ3n) is 6.98. The Kier molecular flexibility index (Phi) is 8.67. The van der Waals surface area contributed by atoms with Crippen LogP contribution in [-0.4, -0.2) is 53.6 Å². The van der Waals surface area contributed by atoms with Gasteiger partial charge in [0.15, 0.2) is 0 Å². The number of fused-ring (bicyclic) bond motifs is 1. The number of likely N-dealkylation sites (tertiary alicyclic amines) is 1. The summed E-state index contributed by atoms with van der Waals surface area (Å²) in [4.78, 5) is 29.9. The zero-order valence-electron chi connectivity index (χ0n) is 21.3. The molecule has 3 aromatic rings. The summed E-state index contributed by atoms with van der Waals surface area (Å²) in [6, 6.07) is 11.7. The average Bonchev–Trinajstić information content (AvgIpc) is 3.28. The summed E-state index contributed by atoms with van der Waals surface area (Å²) >= 11 is 6.01. The van der Waals surface area contributed by atoms with Crippen LogP contribution in [0.25, 0.3) is 10.9 Å². The van der Waals surface area contributed by atoms with Crippen LogP contribution < -0.4 is 5.32 Å². The van der Waals surface area contributed by atoms with Gasteiger partial charge in [0.2, 0.25) is 0 Å². The molecule has 1 amide bonds. The minimum Gasteiger partial charge on any atom is -0.449 e. The molecule has 0 aliphatic carbocycles. The topological polar surface area (TPSA) is 74.4 Å². The Morgan fingerprint density at radius 3 is 2.58 bits per heavy atom. The molecule has 0 spiro atoms. The number of aromatic amines is 1. The number of benzene rings is 2. The van der Waals surface area contributed by atoms with E-state index in [0.717, 1.165) is 42.4 Å². The lowest BCUT2D eigenvalue weighted by molar-refractivity contribution is -0.205. The first-order valence-electron chi connectivity index (χ1n) is 12.7. The van der Waals surface area contributed by atoms with Crippen LogP contribution in [0.2, 0.25) is 5.02 Å². The van der Waals surface area contributed by atoms with Crippen LogP contribution in [0.15, 0.2) is 48.7 Å². The van der Waals surface area contributed by atoms with Gasteiger partial charge in [0, 0.05) is 42.3 Å². The fourth-order valence-corrected chi connectivity index (χ4v) is 4.98. The molecule has 2 atom stereocenters. The highest BCUT2D eigenvalue weighted by Crippen LogP contribution is 2.28. The summed E-state index contributed by atoms with van der Waals surface area (Å²) in [5, 5.41) is 4.42. The Bertz CT molecular complexity index is 1290. The van der Waals surface area contributed by atoms with Gasteiger partial charge in [-0.2, -0.15) is 13.2 Å². The van der Waals surface area contributed by atoms with Gasteiger partial charge in [-0.3, -0.25) is 4.79 Å². The first-order chi connectivity index (χ1) is 18.0. The first kappa shape index (κ1) is 28.0. The number of nitrogens with zero attached hydrogens (tertiary/aromatic N) is 1. The van der Waals surface area contributed by atoms with E-state index in [2.05, 4.69) is 17.2 Å². The monoisotopic (exact) mass is 549 g/mol. The van der Waals surface area contributed by atoms with Gasteiger partial charge >= 0.3 is 12.1 Å². The fourth-order valence-electron chi connectivity index (χ4n) is 4.78. The Hall–Kier alpha value is -3.04. The Labute approximate surface area is 224 Å². The molecule has 10 heteroatoms. The van der Waals surface area contributed by atoms with Crippen molar-refractivity contribution in [3.8, 4) is 0 Å². The molecule has 4 rings (SSSR count). The quantitative estimate of drug-likeness (QED) is 0.335. The summed E-state index contributed by atoms with van der Waals surface area (Å²) in [5.41, 5.74) is 2.73. The van der Waals surface area contributed by atoms with Crippen molar-refractivity contribution in [3.63, 3.8) is 0 Å². The number of amides is 1. The number of rotatable bonds is 8. The van der Waals surface area contributed by atoms with Crippen molar-refractivity contribution in [3.05, 3.63) is 70.4 Å². The van der Waals surface area contributed by atoms with E-state index >= 15 is 0 Å². The standard InChI is InChI=1S/C28H31ClF3N3O3/c1-17-9-11-35(12-10-17)26(36)23-8-4-7-22-20(15-34-25(22)23)13-18(2)33-16-24(38-27(37)28(30,31)32)19-5-3-6-21(29)14-19/h3-8,14-15,17-18,24,33-34H,9-13,16H2,1-2H3/t18-,24+/m1/s1. The number of alkyl halides is 3.